The molecule has 2 N–H and O–H groups in total. The van der Waals surface area contributed by atoms with Crippen molar-refractivity contribution >= 4 is 46.2 Å². The number of nitrogens with zero attached hydrogens (tertiary/aromatic N) is 2. The largest absolute Gasteiger partial charge is 0.390 e. The van der Waals surface area contributed by atoms with Crippen molar-refractivity contribution in [2.24, 2.45) is 0 Å². The molecule has 24 heavy (non-hydrogen) atoms. The summed E-state index contributed by atoms with van der Waals surface area (Å²) in [5, 5.41) is 26.4. The standard InChI is InChI=1S/C16H24N2O2S4/c1-11(15-17-3-5-23-15)7-21-9-13(19)14(20)10-22-8-12(2)16-18-4-6-24-16/h3-6,11-14,19-20H,7-10H2,1-2H3/t11?,12?,13-,14+. The van der Waals surface area contributed by atoms with Crippen molar-refractivity contribution in [3.63, 3.8) is 0 Å². The van der Waals surface area contributed by atoms with E-state index in [1.807, 2.05) is 23.2 Å². The fourth-order valence-electron chi connectivity index (χ4n) is 2.05. The molecule has 134 valence electrons. The van der Waals surface area contributed by atoms with Crippen LogP contribution < -0.4 is 0 Å². The zero-order valence-electron chi connectivity index (χ0n) is 13.9. The highest BCUT2D eigenvalue weighted by atomic mass is 32.2. The molecule has 0 amide bonds. The predicted molar refractivity (Wildman–Crippen MR) is 108 cm³/mol. The molecule has 8 heteroatoms. The van der Waals surface area contributed by atoms with E-state index in [1.165, 1.54) is 0 Å². The van der Waals surface area contributed by atoms with E-state index in [1.54, 1.807) is 46.2 Å². The summed E-state index contributed by atoms with van der Waals surface area (Å²) >= 11 is 6.68. The van der Waals surface area contributed by atoms with Gasteiger partial charge < -0.3 is 10.2 Å². The Morgan fingerprint density at radius 1 is 0.833 bits per heavy atom. The topological polar surface area (TPSA) is 66.2 Å². The number of aliphatic hydroxyl groups is 2. The van der Waals surface area contributed by atoms with Gasteiger partial charge in [-0.1, -0.05) is 13.8 Å². The molecule has 0 aromatic carbocycles. The molecular formula is C16H24N2O2S4. The summed E-state index contributed by atoms with van der Waals surface area (Å²) < 4.78 is 0. The van der Waals surface area contributed by atoms with Crippen molar-refractivity contribution in [3.05, 3.63) is 33.2 Å². The van der Waals surface area contributed by atoms with Crippen LogP contribution in [0.25, 0.3) is 0 Å². The monoisotopic (exact) mass is 404 g/mol. The third kappa shape index (κ3) is 6.65. The maximum atomic E-state index is 10.1. The minimum absolute atomic E-state index is 0.382. The molecule has 0 saturated heterocycles. The Labute approximate surface area is 160 Å². The molecule has 2 aromatic heterocycles. The molecule has 4 atom stereocenters. The van der Waals surface area contributed by atoms with Gasteiger partial charge in [0.05, 0.1) is 22.2 Å². The summed E-state index contributed by atoms with van der Waals surface area (Å²) in [5.41, 5.74) is 0. The van der Waals surface area contributed by atoms with Crippen molar-refractivity contribution < 1.29 is 10.2 Å². The van der Waals surface area contributed by atoms with Gasteiger partial charge in [0, 0.05) is 58.0 Å². The van der Waals surface area contributed by atoms with E-state index in [0.717, 1.165) is 21.5 Å². The average Bonchev–Trinajstić information content (AvgIpc) is 3.27. The highest BCUT2D eigenvalue weighted by Gasteiger charge is 2.18. The maximum absolute atomic E-state index is 10.1. The van der Waals surface area contributed by atoms with Gasteiger partial charge in [-0.2, -0.15) is 23.5 Å². The molecule has 2 unspecified atom stereocenters. The molecule has 0 aliphatic carbocycles. The van der Waals surface area contributed by atoms with E-state index in [9.17, 15) is 10.2 Å². The van der Waals surface area contributed by atoms with Crippen molar-refractivity contribution in [3.8, 4) is 0 Å². The van der Waals surface area contributed by atoms with Crippen molar-refractivity contribution in [1.29, 1.82) is 0 Å². The van der Waals surface area contributed by atoms with Gasteiger partial charge in [-0.3, -0.25) is 0 Å². The Bertz CT molecular complexity index is 500. The minimum Gasteiger partial charge on any atom is -0.390 e. The molecular weight excluding hydrogens is 380 g/mol. The summed E-state index contributed by atoms with van der Waals surface area (Å²) in [7, 11) is 0. The number of thiazole rings is 2. The van der Waals surface area contributed by atoms with E-state index >= 15 is 0 Å². The van der Waals surface area contributed by atoms with Gasteiger partial charge in [0.15, 0.2) is 0 Å². The molecule has 4 nitrogen and oxygen atoms in total. The maximum Gasteiger partial charge on any atom is 0.0961 e. The predicted octanol–water partition coefficient (Wildman–Crippen LogP) is 3.70. The summed E-state index contributed by atoms with van der Waals surface area (Å²) in [6.07, 6.45) is 2.29. The Kier molecular flexibility index (Phi) is 9.07. The summed E-state index contributed by atoms with van der Waals surface area (Å²) in [5.74, 6) is 3.69. The van der Waals surface area contributed by atoms with Crippen molar-refractivity contribution in [2.45, 2.75) is 37.9 Å². The molecule has 2 heterocycles. The van der Waals surface area contributed by atoms with Crippen LogP contribution in [0.2, 0.25) is 0 Å². The van der Waals surface area contributed by atoms with Crippen molar-refractivity contribution in [2.75, 3.05) is 23.0 Å². The fraction of sp³-hybridized carbons (Fsp3) is 0.625. The Hall–Kier alpha value is -0.120. The van der Waals surface area contributed by atoms with Crippen LogP contribution in [0.3, 0.4) is 0 Å². The second kappa shape index (κ2) is 10.8. The van der Waals surface area contributed by atoms with E-state index in [2.05, 4.69) is 23.8 Å². The summed E-state index contributed by atoms with van der Waals surface area (Å²) in [6.45, 7) is 4.29. The van der Waals surface area contributed by atoms with Gasteiger partial charge in [-0.25, -0.2) is 9.97 Å². The number of aliphatic hydroxyl groups excluding tert-OH is 2. The number of thioether (sulfide) groups is 2. The first kappa shape index (κ1) is 20.2. The molecule has 0 bridgehead atoms. The smallest absolute Gasteiger partial charge is 0.0961 e. The van der Waals surface area contributed by atoms with Crippen LogP contribution in [0.15, 0.2) is 23.2 Å². The van der Waals surface area contributed by atoms with E-state index in [4.69, 9.17) is 0 Å². The van der Waals surface area contributed by atoms with Crippen LogP contribution in [0.4, 0.5) is 0 Å². The Morgan fingerprint density at radius 2 is 1.25 bits per heavy atom. The van der Waals surface area contributed by atoms with Crippen LogP contribution in [0.1, 0.15) is 35.7 Å². The number of hydrogen-bond donors (Lipinski definition) is 2. The first-order valence-electron chi connectivity index (χ1n) is 7.88. The second-order valence-electron chi connectivity index (χ2n) is 5.75. The highest BCUT2D eigenvalue weighted by molar-refractivity contribution is 7.99. The van der Waals surface area contributed by atoms with E-state index in [-0.39, 0.29) is 0 Å². The Balaban J connectivity index is 1.59. The van der Waals surface area contributed by atoms with Crippen LogP contribution in [0, 0.1) is 0 Å². The lowest BCUT2D eigenvalue weighted by molar-refractivity contribution is 0.0500. The second-order valence-corrected chi connectivity index (χ2v) is 9.75. The Morgan fingerprint density at radius 3 is 1.58 bits per heavy atom. The lowest BCUT2D eigenvalue weighted by Crippen LogP contribution is -2.30. The fourth-order valence-corrected chi connectivity index (χ4v) is 5.88. The van der Waals surface area contributed by atoms with Crippen LogP contribution >= 0.6 is 46.2 Å². The molecule has 0 fully saturated rings. The molecule has 0 spiro atoms. The van der Waals surface area contributed by atoms with E-state index < -0.39 is 12.2 Å². The zero-order chi connectivity index (χ0) is 17.4. The minimum atomic E-state index is -0.679. The molecule has 2 rings (SSSR count). The SMILES string of the molecule is CC(CSC[C@@H](O)[C@@H](O)CSCC(C)c1nccs1)c1nccs1. The van der Waals surface area contributed by atoms with Gasteiger partial charge in [0.25, 0.3) is 0 Å². The van der Waals surface area contributed by atoms with Gasteiger partial charge in [0.2, 0.25) is 0 Å². The van der Waals surface area contributed by atoms with Crippen LogP contribution in [-0.2, 0) is 0 Å². The van der Waals surface area contributed by atoms with Crippen LogP contribution in [-0.4, -0.2) is 55.4 Å². The number of hydrogen-bond acceptors (Lipinski definition) is 8. The van der Waals surface area contributed by atoms with Crippen molar-refractivity contribution in [1.82, 2.24) is 9.97 Å². The van der Waals surface area contributed by atoms with Gasteiger partial charge >= 0.3 is 0 Å². The number of aromatic nitrogens is 2. The molecule has 0 aliphatic heterocycles. The normalized spacial score (nSPS) is 16.7. The summed E-state index contributed by atoms with van der Waals surface area (Å²) in [4.78, 5) is 8.63. The molecule has 0 aliphatic rings. The van der Waals surface area contributed by atoms with E-state index in [0.29, 0.717) is 23.3 Å². The molecule has 0 saturated carbocycles. The first-order valence-corrected chi connectivity index (χ1v) is 11.9. The van der Waals surface area contributed by atoms with Gasteiger partial charge in [0.1, 0.15) is 0 Å². The lowest BCUT2D eigenvalue weighted by Gasteiger charge is -2.18. The lowest BCUT2D eigenvalue weighted by atomic mass is 10.2. The third-order valence-corrected chi connectivity index (χ3v) is 8.14. The average molecular weight is 405 g/mol. The van der Waals surface area contributed by atoms with Gasteiger partial charge in [-0.05, 0) is 0 Å². The molecule has 2 aromatic rings. The zero-order valence-corrected chi connectivity index (χ0v) is 17.1. The number of rotatable bonds is 11. The quantitative estimate of drug-likeness (QED) is 0.595. The molecule has 0 radical (unpaired) electrons. The third-order valence-electron chi connectivity index (χ3n) is 3.50. The van der Waals surface area contributed by atoms with Crippen LogP contribution in [0.5, 0.6) is 0 Å². The summed E-state index contributed by atoms with van der Waals surface area (Å²) in [6, 6.07) is 0. The first-order chi connectivity index (χ1) is 11.6. The van der Waals surface area contributed by atoms with Gasteiger partial charge in [-0.15, -0.1) is 22.7 Å². The highest BCUT2D eigenvalue weighted by Crippen LogP contribution is 2.24.